The molecule has 1 rings (SSSR count). The molecule has 0 radical (unpaired) electrons. The third-order valence-corrected chi connectivity index (χ3v) is 2.49. The lowest BCUT2D eigenvalue weighted by Gasteiger charge is -2.12. The zero-order valence-electron chi connectivity index (χ0n) is 10.2. The monoisotopic (exact) mass is 288 g/mol. The summed E-state index contributed by atoms with van der Waals surface area (Å²) in [6.45, 7) is 1.48. The first-order valence-corrected chi connectivity index (χ1v) is 5.45. The van der Waals surface area contributed by atoms with Crippen molar-refractivity contribution in [2.45, 2.75) is 19.4 Å². The summed E-state index contributed by atoms with van der Waals surface area (Å²) < 4.78 is 26.8. The minimum absolute atomic E-state index is 0.0398. The van der Waals surface area contributed by atoms with Gasteiger partial charge in [-0.2, -0.15) is 4.39 Å². The smallest absolute Gasteiger partial charge is 0.326 e. The third-order valence-electron chi connectivity index (χ3n) is 2.49. The summed E-state index contributed by atoms with van der Waals surface area (Å²) in [5.41, 5.74) is -1.91. The molecular weight excluding hydrogens is 278 g/mol. The Balaban J connectivity index is 3.08. The molecule has 0 bridgehead atoms. The molecule has 0 heterocycles. The number of carbonyl (C=O) groups excluding carboxylic acids is 1. The molecule has 0 aliphatic carbocycles. The first-order valence-electron chi connectivity index (χ1n) is 5.45. The molecule has 1 atom stereocenters. The number of amides is 1. The number of carboxylic acids is 1. The van der Waals surface area contributed by atoms with E-state index in [2.05, 4.69) is 0 Å². The third kappa shape index (κ3) is 3.25. The Labute approximate surface area is 111 Å². The zero-order chi connectivity index (χ0) is 15.4. The molecule has 0 unspecified atom stereocenters. The summed E-state index contributed by atoms with van der Waals surface area (Å²) in [5.74, 6) is -5.19. The average molecular weight is 288 g/mol. The molecule has 0 aliphatic heterocycles. The number of benzene rings is 1. The molecule has 0 fully saturated rings. The van der Waals surface area contributed by atoms with Crippen LogP contribution in [0.15, 0.2) is 12.1 Å². The van der Waals surface area contributed by atoms with Gasteiger partial charge in [0.05, 0.1) is 16.6 Å². The van der Waals surface area contributed by atoms with Gasteiger partial charge >= 0.3 is 11.7 Å². The lowest BCUT2D eigenvalue weighted by molar-refractivity contribution is -0.387. The van der Waals surface area contributed by atoms with Crippen molar-refractivity contribution in [1.29, 1.82) is 0 Å². The number of carbonyl (C=O) groups is 2. The van der Waals surface area contributed by atoms with E-state index in [-0.39, 0.29) is 12.5 Å². The summed E-state index contributed by atoms with van der Waals surface area (Å²) in [6, 6.07) is -0.635. The van der Waals surface area contributed by atoms with E-state index in [4.69, 9.17) is 5.11 Å². The SMILES string of the molecule is CC[C@@H](NC(=O)c1cc(F)c([N+](=O)[O-])cc1F)C(=O)O. The standard InChI is InChI=1S/C11H10F2N2O5/c1-2-8(11(17)18)14-10(16)5-3-7(13)9(15(19)20)4-6(5)12/h3-4,8H,2H2,1H3,(H,14,16)(H,17,18)/t8-/m1/s1. The quantitative estimate of drug-likeness (QED) is 0.629. The van der Waals surface area contributed by atoms with Crippen LogP contribution in [0.3, 0.4) is 0 Å². The van der Waals surface area contributed by atoms with Crippen LogP contribution < -0.4 is 5.32 Å². The largest absolute Gasteiger partial charge is 0.480 e. The molecule has 0 spiro atoms. The second-order valence-corrected chi connectivity index (χ2v) is 3.81. The maximum absolute atomic E-state index is 13.5. The van der Waals surface area contributed by atoms with Gasteiger partial charge in [0, 0.05) is 0 Å². The number of rotatable bonds is 5. The minimum Gasteiger partial charge on any atom is -0.480 e. The first kappa shape index (κ1) is 15.5. The van der Waals surface area contributed by atoms with Crippen LogP contribution >= 0.6 is 0 Å². The Morgan fingerprint density at radius 1 is 1.40 bits per heavy atom. The van der Waals surface area contributed by atoms with Gasteiger partial charge in [-0.05, 0) is 12.5 Å². The van der Waals surface area contributed by atoms with E-state index in [1.165, 1.54) is 6.92 Å². The van der Waals surface area contributed by atoms with Crippen LogP contribution in [-0.4, -0.2) is 27.9 Å². The number of hydrogen-bond donors (Lipinski definition) is 2. The number of aliphatic carboxylic acids is 1. The van der Waals surface area contributed by atoms with Crippen molar-refractivity contribution in [2.75, 3.05) is 0 Å². The summed E-state index contributed by atoms with van der Waals surface area (Å²) in [4.78, 5) is 31.6. The molecule has 0 aromatic heterocycles. The van der Waals surface area contributed by atoms with Gasteiger partial charge in [0.25, 0.3) is 5.91 Å². The molecular formula is C11H10F2N2O5. The summed E-state index contributed by atoms with van der Waals surface area (Å²) in [5, 5.41) is 21.1. The van der Waals surface area contributed by atoms with Gasteiger partial charge in [-0.1, -0.05) is 6.92 Å². The lowest BCUT2D eigenvalue weighted by atomic mass is 10.1. The fraction of sp³-hybridized carbons (Fsp3) is 0.273. The molecule has 1 amide bonds. The van der Waals surface area contributed by atoms with Gasteiger partial charge in [0.15, 0.2) is 0 Å². The Bertz CT molecular complexity index is 576. The molecule has 0 saturated heterocycles. The van der Waals surface area contributed by atoms with Gasteiger partial charge in [-0.15, -0.1) is 0 Å². The van der Waals surface area contributed by atoms with E-state index in [9.17, 15) is 28.5 Å². The van der Waals surface area contributed by atoms with Crippen molar-refractivity contribution in [3.05, 3.63) is 39.4 Å². The Kier molecular flexibility index (Phi) is 4.68. The van der Waals surface area contributed by atoms with Crippen LogP contribution in [0.2, 0.25) is 0 Å². The van der Waals surface area contributed by atoms with E-state index >= 15 is 0 Å². The van der Waals surface area contributed by atoms with E-state index < -0.39 is 45.7 Å². The summed E-state index contributed by atoms with van der Waals surface area (Å²) in [7, 11) is 0. The maximum atomic E-state index is 13.5. The fourth-order valence-corrected chi connectivity index (χ4v) is 1.42. The van der Waals surface area contributed by atoms with Crippen LogP contribution in [-0.2, 0) is 4.79 Å². The number of hydrogen-bond acceptors (Lipinski definition) is 4. The van der Waals surface area contributed by atoms with Gasteiger partial charge in [0.1, 0.15) is 11.9 Å². The predicted molar refractivity (Wildman–Crippen MR) is 62.2 cm³/mol. The van der Waals surface area contributed by atoms with E-state index in [1.807, 2.05) is 5.32 Å². The molecule has 0 saturated carbocycles. The van der Waals surface area contributed by atoms with Crippen molar-refractivity contribution in [3.63, 3.8) is 0 Å². The Morgan fingerprint density at radius 2 is 2.00 bits per heavy atom. The van der Waals surface area contributed by atoms with Crippen LogP contribution in [0.1, 0.15) is 23.7 Å². The van der Waals surface area contributed by atoms with E-state index in [0.717, 1.165) is 0 Å². The lowest BCUT2D eigenvalue weighted by Crippen LogP contribution is -2.40. The molecule has 7 nitrogen and oxygen atoms in total. The number of nitrogens with zero attached hydrogens (tertiary/aromatic N) is 1. The van der Waals surface area contributed by atoms with Gasteiger partial charge < -0.3 is 10.4 Å². The fourth-order valence-electron chi connectivity index (χ4n) is 1.42. The molecule has 1 aromatic carbocycles. The molecule has 0 aliphatic rings. The van der Waals surface area contributed by atoms with E-state index in [1.54, 1.807) is 0 Å². The summed E-state index contributed by atoms with van der Waals surface area (Å²) in [6.07, 6.45) is 0.0398. The second kappa shape index (κ2) is 6.04. The van der Waals surface area contributed by atoms with E-state index in [0.29, 0.717) is 6.07 Å². The number of halogens is 2. The highest BCUT2D eigenvalue weighted by molar-refractivity contribution is 5.97. The Hall–Kier alpha value is -2.58. The maximum Gasteiger partial charge on any atom is 0.326 e. The number of carboxylic acid groups (broad SMARTS) is 1. The molecule has 2 N–H and O–H groups in total. The highest BCUT2D eigenvalue weighted by Crippen LogP contribution is 2.21. The second-order valence-electron chi connectivity index (χ2n) is 3.81. The van der Waals surface area contributed by atoms with Crippen molar-refractivity contribution < 1.29 is 28.4 Å². The van der Waals surface area contributed by atoms with Gasteiger partial charge in [0.2, 0.25) is 5.82 Å². The highest BCUT2D eigenvalue weighted by atomic mass is 19.1. The summed E-state index contributed by atoms with van der Waals surface area (Å²) >= 11 is 0. The normalized spacial score (nSPS) is 11.8. The Morgan fingerprint density at radius 3 is 2.45 bits per heavy atom. The van der Waals surface area contributed by atoms with Crippen LogP contribution in [0.25, 0.3) is 0 Å². The number of nitrogens with one attached hydrogen (secondary N) is 1. The van der Waals surface area contributed by atoms with Crippen molar-refractivity contribution in [3.8, 4) is 0 Å². The highest BCUT2D eigenvalue weighted by Gasteiger charge is 2.24. The molecule has 20 heavy (non-hydrogen) atoms. The predicted octanol–water partition coefficient (Wildman–Crippen LogP) is 1.47. The van der Waals surface area contributed by atoms with Gasteiger partial charge in [-0.3, -0.25) is 14.9 Å². The topological polar surface area (TPSA) is 110 Å². The van der Waals surface area contributed by atoms with Gasteiger partial charge in [-0.25, -0.2) is 9.18 Å². The van der Waals surface area contributed by atoms with Crippen molar-refractivity contribution in [1.82, 2.24) is 5.32 Å². The zero-order valence-corrected chi connectivity index (χ0v) is 10.2. The molecule has 108 valence electrons. The molecule has 1 aromatic rings. The minimum atomic E-state index is -1.38. The van der Waals surface area contributed by atoms with Crippen molar-refractivity contribution in [2.24, 2.45) is 0 Å². The van der Waals surface area contributed by atoms with Crippen LogP contribution in [0, 0.1) is 21.7 Å². The van der Waals surface area contributed by atoms with Crippen molar-refractivity contribution >= 4 is 17.6 Å². The average Bonchev–Trinajstić information content (AvgIpc) is 2.37. The number of nitro groups is 1. The first-order chi connectivity index (χ1) is 9.27. The molecule has 9 heteroatoms. The van der Waals surface area contributed by atoms with Crippen LogP contribution in [0.5, 0.6) is 0 Å². The van der Waals surface area contributed by atoms with Crippen LogP contribution in [0.4, 0.5) is 14.5 Å². The number of nitro benzene ring substituents is 1.